The van der Waals surface area contributed by atoms with Gasteiger partial charge in [-0.1, -0.05) is 19.9 Å². The molecule has 0 saturated carbocycles. The molecule has 1 amide bonds. The van der Waals surface area contributed by atoms with Crippen LogP contribution >= 0.6 is 0 Å². The maximum Gasteiger partial charge on any atom is 0.234 e. The number of likely N-dealkylation sites (tertiary alicyclic amines) is 1. The standard InChI is InChI=1S/C17H28N4O/c1-13(2)15-10-21(11-16(15)20(3)4)12-17(22)19-9-14-7-5-6-8-18-14/h5-8,13,15-16H,9-12H2,1-4H3,(H,19,22)/t15-,16+/m0/s1. The molecule has 5 heteroatoms. The zero-order chi connectivity index (χ0) is 16.1. The number of likely N-dealkylation sites (N-methyl/N-ethyl adjacent to an activating group) is 1. The molecule has 2 heterocycles. The molecule has 2 atom stereocenters. The van der Waals surface area contributed by atoms with Crippen molar-refractivity contribution in [3.63, 3.8) is 0 Å². The monoisotopic (exact) mass is 304 g/mol. The van der Waals surface area contributed by atoms with E-state index in [1.165, 1.54) is 0 Å². The van der Waals surface area contributed by atoms with Crippen LogP contribution in [0.1, 0.15) is 19.5 Å². The summed E-state index contributed by atoms with van der Waals surface area (Å²) in [5, 5.41) is 2.96. The third-order valence-electron chi connectivity index (χ3n) is 4.49. The van der Waals surface area contributed by atoms with Gasteiger partial charge >= 0.3 is 0 Å². The van der Waals surface area contributed by atoms with Crippen LogP contribution in [0.3, 0.4) is 0 Å². The number of pyridine rings is 1. The molecule has 0 aromatic carbocycles. The zero-order valence-electron chi connectivity index (χ0n) is 14.1. The average molecular weight is 304 g/mol. The molecule has 22 heavy (non-hydrogen) atoms. The van der Waals surface area contributed by atoms with E-state index in [1.807, 2.05) is 18.2 Å². The number of hydrogen-bond donors (Lipinski definition) is 1. The van der Waals surface area contributed by atoms with Crippen LogP contribution in [0, 0.1) is 11.8 Å². The summed E-state index contributed by atoms with van der Waals surface area (Å²) in [5.41, 5.74) is 0.892. The van der Waals surface area contributed by atoms with Crippen LogP contribution in [0.25, 0.3) is 0 Å². The average Bonchev–Trinajstić information content (AvgIpc) is 2.90. The summed E-state index contributed by atoms with van der Waals surface area (Å²) in [6.45, 7) is 7.47. The largest absolute Gasteiger partial charge is 0.349 e. The predicted octanol–water partition coefficient (Wildman–Crippen LogP) is 1.22. The predicted molar refractivity (Wildman–Crippen MR) is 88.3 cm³/mol. The van der Waals surface area contributed by atoms with Gasteiger partial charge in [-0.3, -0.25) is 14.7 Å². The second-order valence-electron chi connectivity index (χ2n) is 6.73. The molecule has 1 aromatic heterocycles. The number of aromatic nitrogens is 1. The van der Waals surface area contributed by atoms with Crippen LogP contribution in [0.5, 0.6) is 0 Å². The van der Waals surface area contributed by atoms with Crippen LogP contribution in [-0.4, -0.2) is 60.5 Å². The van der Waals surface area contributed by atoms with Crippen molar-refractivity contribution in [1.29, 1.82) is 0 Å². The summed E-state index contributed by atoms with van der Waals surface area (Å²) in [6.07, 6.45) is 1.75. The lowest BCUT2D eigenvalue weighted by Crippen LogP contribution is -2.38. The van der Waals surface area contributed by atoms with Gasteiger partial charge in [0.25, 0.3) is 0 Å². The molecule has 1 N–H and O–H groups in total. The molecule has 1 aliphatic rings. The van der Waals surface area contributed by atoms with Crippen molar-refractivity contribution in [1.82, 2.24) is 20.1 Å². The van der Waals surface area contributed by atoms with E-state index in [2.05, 4.69) is 48.0 Å². The van der Waals surface area contributed by atoms with E-state index in [0.717, 1.165) is 18.8 Å². The van der Waals surface area contributed by atoms with E-state index in [9.17, 15) is 4.79 Å². The first-order valence-corrected chi connectivity index (χ1v) is 8.02. The van der Waals surface area contributed by atoms with E-state index in [0.29, 0.717) is 31.0 Å². The lowest BCUT2D eigenvalue weighted by molar-refractivity contribution is -0.122. The van der Waals surface area contributed by atoms with E-state index >= 15 is 0 Å². The lowest BCUT2D eigenvalue weighted by atomic mass is 9.91. The number of carbonyl (C=O) groups excluding carboxylic acids is 1. The number of amides is 1. The summed E-state index contributed by atoms with van der Waals surface area (Å²) in [6, 6.07) is 6.27. The molecular weight excluding hydrogens is 276 g/mol. The van der Waals surface area contributed by atoms with Gasteiger partial charge in [0, 0.05) is 25.3 Å². The summed E-state index contributed by atoms with van der Waals surface area (Å²) >= 11 is 0. The molecule has 0 bridgehead atoms. The topological polar surface area (TPSA) is 48.5 Å². The van der Waals surface area contributed by atoms with E-state index in [4.69, 9.17) is 0 Å². The highest BCUT2D eigenvalue weighted by molar-refractivity contribution is 5.78. The van der Waals surface area contributed by atoms with Gasteiger partial charge in [0.2, 0.25) is 5.91 Å². The van der Waals surface area contributed by atoms with Gasteiger partial charge in [0.05, 0.1) is 18.8 Å². The Morgan fingerprint density at radius 1 is 1.41 bits per heavy atom. The first-order chi connectivity index (χ1) is 10.5. The van der Waals surface area contributed by atoms with Gasteiger partial charge in [0.1, 0.15) is 0 Å². The number of rotatable bonds is 6. The molecule has 0 unspecified atom stereocenters. The fourth-order valence-electron chi connectivity index (χ4n) is 3.18. The first-order valence-electron chi connectivity index (χ1n) is 8.02. The minimum atomic E-state index is 0.0764. The van der Waals surface area contributed by atoms with Gasteiger partial charge in [-0.15, -0.1) is 0 Å². The van der Waals surface area contributed by atoms with Crippen LogP contribution in [0.2, 0.25) is 0 Å². The Kier molecular flexibility index (Phi) is 5.91. The number of carbonyl (C=O) groups is 1. The van der Waals surface area contributed by atoms with Crippen LogP contribution in [0.15, 0.2) is 24.4 Å². The van der Waals surface area contributed by atoms with Crippen molar-refractivity contribution in [2.24, 2.45) is 11.8 Å². The van der Waals surface area contributed by atoms with Crippen molar-refractivity contribution in [3.8, 4) is 0 Å². The van der Waals surface area contributed by atoms with E-state index < -0.39 is 0 Å². The highest BCUT2D eigenvalue weighted by Gasteiger charge is 2.36. The summed E-state index contributed by atoms with van der Waals surface area (Å²) in [4.78, 5) is 20.9. The Balaban J connectivity index is 1.82. The molecule has 0 radical (unpaired) electrons. The third kappa shape index (κ3) is 4.52. The number of nitrogens with zero attached hydrogens (tertiary/aromatic N) is 3. The van der Waals surface area contributed by atoms with Crippen LogP contribution in [0.4, 0.5) is 0 Å². The third-order valence-corrected chi connectivity index (χ3v) is 4.49. The van der Waals surface area contributed by atoms with Gasteiger partial charge < -0.3 is 10.2 Å². The minimum Gasteiger partial charge on any atom is -0.349 e. The molecule has 122 valence electrons. The Bertz CT molecular complexity index is 459. The number of hydrogen-bond acceptors (Lipinski definition) is 4. The van der Waals surface area contributed by atoms with Crippen LogP contribution in [-0.2, 0) is 11.3 Å². The van der Waals surface area contributed by atoms with Gasteiger partial charge in [-0.05, 0) is 38.1 Å². The zero-order valence-corrected chi connectivity index (χ0v) is 14.1. The Morgan fingerprint density at radius 3 is 2.73 bits per heavy atom. The van der Waals surface area contributed by atoms with Crippen molar-refractivity contribution < 1.29 is 4.79 Å². The minimum absolute atomic E-state index is 0.0764. The maximum atomic E-state index is 12.1. The molecule has 0 spiro atoms. The normalized spacial score (nSPS) is 22.5. The Morgan fingerprint density at radius 2 is 2.18 bits per heavy atom. The van der Waals surface area contributed by atoms with Gasteiger partial charge in [-0.25, -0.2) is 0 Å². The molecule has 1 fully saturated rings. The summed E-state index contributed by atoms with van der Waals surface area (Å²) in [7, 11) is 4.26. The smallest absolute Gasteiger partial charge is 0.234 e. The van der Waals surface area contributed by atoms with Crippen molar-refractivity contribution in [3.05, 3.63) is 30.1 Å². The molecule has 5 nitrogen and oxygen atoms in total. The van der Waals surface area contributed by atoms with E-state index in [-0.39, 0.29) is 5.91 Å². The SMILES string of the molecule is CC(C)[C@@H]1CN(CC(=O)NCc2ccccn2)C[C@H]1N(C)C. The highest BCUT2D eigenvalue weighted by atomic mass is 16.2. The number of nitrogens with one attached hydrogen (secondary N) is 1. The fraction of sp³-hybridized carbons (Fsp3) is 0.647. The molecule has 0 aliphatic carbocycles. The van der Waals surface area contributed by atoms with Crippen LogP contribution < -0.4 is 5.32 Å². The Labute approximate surface area is 133 Å². The van der Waals surface area contributed by atoms with Gasteiger partial charge in [0.15, 0.2) is 0 Å². The second-order valence-corrected chi connectivity index (χ2v) is 6.73. The highest BCUT2D eigenvalue weighted by Crippen LogP contribution is 2.26. The van der Waals surface area contributed by atoms with Crippen molar-refractivity contribution in [2.45, 2.75) is 26.4 Å². The summed E-state index contributed by atoms with van der Waals surface area (Å²) < 4.78 is 0. The molecule has 2 rings (SSSR count). The van der Waals surface area contributed by atoms with Crippen molar-refractivity contribution >= 4 is 5.91 Å². The second kappa shape index (κ2) is 7.70. The fourth-order valence-corrected chi connectivity index (χ4v) is 3.18. The summed E-state index contributed by atoms with van der Waals surface area (Å²) in [5.74, 6) is 1.33. The molecule has 1 aliphatic heterocycles. The lowest BCUT2D eigenvalue weighted by Gasteiger charge is -2.27. The van der Waals surface area contributed by atoms with E-state index in [1.54, 1.807) is 6.20 Å². The van der Waals surface area contributed by atoms with Gasteiger partial charge in [-0.2, -0.15) is 0 Å². The molecule has 1 aromatic rings. The molecular formula is C17H28N4O. The first kappa shape index (κ1) is 16.9. The van der Waals surface area contributed by atoms with Crippen molar-refractivity contribution in [2.75, 3.05) is 33.7 Å². The molecule has 1 saturated heterocycles. The Hall–Kier alpha value is -1.46. The maximum absolute atomic E-state index is 12.1. The quantitative estimate of drug-likeness (QED) is 0.858.